The quantitative estimate of drug-likeness (QED) is 0.773. The summed E-state index contributed by atoms with van der Waals surface area (Å²) in [7, 11) is 1.96. The Morgan fingerprint density at radius 3 is 2.79 bits per heavy atom. The SMILES string of the molecule is CNCc1ccc(-c2c[nH]c3ncc(Br)cc23)cc1. The zero-order chi connectivity index (χ0) is 13.2. The van der Waals surface area contributed by atoms with Crippen LogP contribution in [0.5, 0.6) is 0 Å². The zero-order valence-corrected chi connectivity index (χ0v) is 12.2. The Labute approximate surface area is 120 Å². The van der Waals surface area contributed by atoms with Gasteiger partial charge >= 0.3 is 0 Å². The summed E-state index contributed by atoms with van der Waals surface area (Å²) in [5, 5.41) is 4.29. The lowest BCUT2D eigenvalue weighted by Crippen LogP contribution is -2.04. The Bertz CT molecular complexity index is 701. The highest BCUT2D eigenvalue weighted by Gasteiger charge is 2.07. The van der Waals surface area contributed by atoms with Gasteiger partial charge in [0.1, 0.15) is 5.65 Å². The Kier molecular flexibility index (Phi) is 3.36. The minimum absolute atomic E-state index is 0.890. The maximum Gasteiger partial charge on any atom is 0.137 e. The maximum absolute atomic E-state index is 4.36. The van der Waals surface area contributed by atoms with E-state index in [1.807, 2.05) is 13.2 Å². The number of aromatic amines is 1. The first kappa shape index (κ1) is 12.4. The first-order chi connectivity index (χ1) is 9.28. The molecule has 0 fully saturated rings. The number of pyridine rings is 1. The van der Waals surface area contributed by atoms with Crippen molar-refractivity contribution in [1.29, 1.82) is 0 Å². The highest BCUT2D eigenvalue weighted by Crippen LogP contribution is 2.29. The smallest absolute Gasteiger partial charge is 0.137 e. The van der Waals surface area contributed by atoms with Gasteiger partial charge in [-0.15, -0.1) is 0 Å². The molecule has 0 radical (unpaired) electrons. The van der Waals surface area contributed by atoms with Gasteiger partial charge in [-0.25, -0.2) is 4.98 Å². The molecule has 2 aromatic heterocycles. The van der Waals surface area contributed by atoms with Gasteiger partial charge in [0.2, 0.25) is 0 Å². The Morgan fingerprint density at radius 1 is 1.26 bits per heavy atom. The maximum atomic E-state index is 4.36. The predicted octanol–water partition coefficient (Wildman–Crippen LogP) is 3.71. The molecule has 3 nitrogen and oxygen atoms in total. The summed E-state index contributed by atoms with van der Waals surface area (Å²) in [4.78, 5) is 7.57. The van der Waals surface area contributed by atoms with Crippen molar-refractivity contribution < 1.29 is 0 Å². The lowest BCUT2D eigenvalue weighted by Gasteiger charge is -2.03. The molecule has 0 atom stereocenters. The molecule has 19 heavy (non-hydrogen) atoms. The molecule has 0 saturated carbocycles. The van der Waals surface area contributed by atoms with Crippen LogP contribution in [0.15, 0.2) is 47.2 Å². The number of fused-ring (bicyclic) bond motifs is 1. The number of hydrogen-bond donors (Lipinski definition) is 2. The first-order valence-corrected chi connectivity index (χ1v) is 6.94. The molecule has 0 saturated heterocycles. The fraction of sp³-hybridized carbons (Fsp3) is 0.133. The lowest BCUT2D eigenvalue weighted by atomic mass is 10.0. The van der Waals surface area contributed by atoms with Crippen LogP contribution in [0.1, 0.15) is 5.56 Å². The van der Waals surface area contributed by atoms with Crippen LogP contribution in [0.3, 0.4) is 0 Å². The van der Waals surface area contributed by atoms with Crippen LogP contribution < -0.4 is 5.32 Å². The third kappa shape index (κ3) is 2.41. The van der Waals surface area contributed by atoms with Crippen molar-refractivity contribution in [2.24, 2.45) is 0 Å². The average Bonchev–Trinajstić information content (AvgIpc) is 2.83. The first-order valence-electron chi connectivity index (χ1n) is 6.14. The van der Waals surface area contributed by atoms with E-state index in [9.17, 15) is 0 Å². The van der Waals surface area contributed by atoms with Crippen LogP contribution >= 0.6 is 15.9 Å². The molecule has 3 rings (SSSR count). The van der Waals surface area contributed by atoms with Crippen LogP contribution in [-0.2, 0) is 6.54 Å². The number of aromatic nitrogens is 2. The van der Waals surface area contributed by atoms with E-state index in [-0.39, 0.29) is 0 Å². The van der Waals surface area contributed by atoms with Crippen molar-refractivity contribution in [2.45, 2.75) is 6.54 Å². The molecule has 3 aromatic rings. The van der Waals surface area contributed by atoms with Gasteiger partial charge in [0, 0.05) is 34.4 Å². The largest absolute Gasteiger partial charge is 0.346 e. The normalized spacial score (nSPS) is 11.1. The summed E-state index contributed by atoms with van der Waals surface area (Å²) < 4.78 is 0.993. The molecule has 2 N–H and O–H groups in total. The number of nitrogens with one attached hydrogen (secondary N) is 2. The molecule has 1 aromatic carbocycles. The van der Waals surface area contributed by atoms with E-state index < -0.39 is 0 Å². The standard InChI is InChI=1S/C15H14BrN3/c1-17-7-10-2-4-11(5-3-10)14-9-19-15-13(14)6-12(16)8-18-15/h2-6,8-9,17H,7H2,1H3,(H,18,19). The summed E-state index contributed by atoms with van der Waals surface area (Å²) in [6.45, 7) is 0.890. The highest BCUT2D eigenvalue weighted by molar-refractivity contribution is 9.10. The van der Waals surface area contributed by atoms with Gasteiger partial charge in [-0.1, -0.05) is 24.3 Å². The molecule has 0 aliphatic heterocycles. The summed E-state index contributed by atoms with van der Waals surface area (Å²) >= 11 is 3.47. The fourth-order valence-corrected chi connectivity index (χ4v) is 2.55. The van der Waals surface area contributed by atoms with Gasteiger partial charge in [0.25, 0.3) is 0 Å². The third-order valence-corrected chi connectivity index (χ3v) is 3.58. The van der Waals surface area contributed by atoms with Gasteiger partial charge in [-0.2, -0.15) is 0 Å². The molecule has 0 spiro atoms. The second-order valence-corrected chi connectivity index (χ2v) is 5.39. The van der Waals surface area contributed by atoms with E-state index in [0.29, 0.717) is 0 Å². The van der Waals surface area contributed by atoms with E-state index in [1.165, 1.54) is 16.7 Å². The van der Waals surface area contributed by atoms with E-state index in [0.717, 1.165) is 22.1 Å². The third-order valence-electron chi connectivity index (χ3n) is 3.14. The Hall–Kier alpha value is -1.65. The molecule has 0 aliphatic carbocycles. The van der Waals surface area contributed by atoms with Crippen molar-refractivity contribution >= 4 is 27.0 Å². The van der Waals surface area contributed by atoms with Crippen molar-refractivity contribution in [3.05, 3.63) is 52.8 Å². The van der Waals surface area contributed by atoms with Gasteiger partial charge in [-0.05, 0) is 40.2 Å². The number of halogens is 1. The predicted molar refractivity (Wildman–Crippen MR) is 82.0 cm³/mol. The number of hydrogen-bond acceptors (Lipinski definition) is 2. The molecule has 4 heteroatoms. The minimum atomic E-state index is 0.890. The zero-order valence-electron chi connectivity index (χ0n) is 10.6. The topological polar surface area (TPSA) is 40.7 Å². The van der Waals surface area contributed by atoms with Crippen LogP contribution in [0.2, 0.25) is 0 Å². The van der Waals surface area contributed by atoms with E-state index >= 15 is 0 Å². The molecule has 0 amide bonds. The van der Waals surface area contributed by atoms with Crippen LogP contribution in [0.25, 0.3) is 22.2 Å². The molecule has 0 aliphatic rings. The van der Waals surface area contributed by atoms with Gasteiger partial charge in [0.05, 0.1) is 0 Å². The van der Waals surface area contributed by atoms with Gasteiger partial charge in [0.15, 0.2) is 0 Å². The van der Waals surface area contributed by atoms with Crippen molar-refractivity contribution in [3.63, 3.8) is 0 Å². The second-order valence-electron chi connectivity index (χ2n) is 4.48. The molecular weight excluding hydrogens is 302 g/mol. The Balaban J connectivity index is 2.06. The Morgan fingerprint density at radius 2 is 2.05 bits per heavy atom. The number of H-pyrrole nitrogens is 1. The molecule has 0 bridgehead atoms. The van der Waals surface area contributed by atoms with Gasteiger partial charge < -0.3 is 10.3 Å². The van der Waals surface area contributed by atoms with E-state index in [2.05, 4.69) is 61.5 Å². The van der Waals surface area contributed by atoms with E-state index in [4.69, 9.17) is 0 Å². The summed E-state index contributed by atoms with van der Waals surface area (Å²) in [6.07, 6.45) is 3.82. The number of benzene rings is 1. The summed E-state index contributed by atoms with van der Waals surface area (Å²) in [5.41, 5.74) is 4.58. The van der Waals surface area contributed by atoms with Crippen molar-refractivity contribution in [2.75, 3.05) is 7.05 Å². The number of rotatable bonds is 3. The number of nitrogens with zero attached hydrogens (tertiary/aromatic N) is 1. The second kappa shape index (κ2) is 5.15. The average molecular weight is 316 g/mol. The van der Waals surface area contributed by atoms with Crippen LogP contribution in [0.4, 0.5) is 0 Å². The van der Waals surface area contributed by atoms with Crippen molar-refractivity contribution in [1.82, 2.24) is 15.3 Å². The lowest BCUT2D eigenvalue weighted by molar-refractivity contribution is 0.818. The van der Waals surface area contributed by atoms with E-state index in [1.54, 1.807) is 6.20 Å². The molecule has 0 unspecified atom stereocenters. The fourth-order valence-electron chi connectivity index (χ4n) is 2.22. The van der Waals surface area contributed by atoms with Gasteiger partial charge in [-0.3, -0.25) is 0 Å². The van der Waals surface area contributed by atoms with Crippen LogP contribution in [0, 0.1) is 0 Å². The minimum Gasteiger partial charge on any atom is -0.346 e. The summed E-state index contributed by atoms with van der Waals surface area (Å²) in [6, 6.07) is 10.7. The molecular formula is C15H14BrN3. The van der Waals surface area contributed by atoms with Crippen LogP contribution in [-0.4, -0.2) is 17.0 Å². The highest BCUT2D eigenvalue weighted by atomic mass is 79.9. The van der Waals surface area contributed by atoms with Crippen molar-refractivity contribution in [3.8, 4) is 11.1 Å². The summed E-state index contributed by atoms with van der Waals surface area (Å²) in [5.74, 6) is 0. The molecule has 96 valence electrons. The monoisotopic (exact) mass is 315 g/mol. The molecule has 2 heterocycles.